The highest BCUT2D eigenvalue weighted by Crippen LogP contribution is 2.11. The summed E-state index contributed by atoms with van der Waals surface area (Å²) in [5.74, 6) is 0.746. The molecular formula is C11H15NO2. The molecule has 0 spiro atoms. The molecule has 0 radical (unpaired) electrons. The van der Waals surface area contributed by atoms with Crippen LogP contribution in [0.5, 0.6) is 5.75 Å². The van der Waals surface area contributed by atoms with E-state index < -0.39 is 0 Å². The number of rotatable bonds is 4. The second-order valence-corrected chi connectivity index (χ2v) is 2.82. The molecule has 0 saturated carbocycles. The van der Waals surface area contributed by atoms with Crippen LogP contribution >= 0.6 is 0 Å². The van der Waals surface area contributed by atoms with Gasteiger partial charge in [-0.25, -0.2) is 0 Å². The Bertz CT molecular complexity index is 293. The van der Waals surface area contributed by atoms with E-state index in [1.807, 2.05) is 13.8 Å². The molecule has 0 fully saturated rings. The lowest BCUT2D eigenvalue weighted by atomic mass is 10.2. The van der Waals surface area contributed by atoms with E-state index in [0.29, 0.717) is 18.7 Å². The fraction of sp³-hybridized carbons (Fsp3) is 0.364. The molecule has 0 aliphatic carbocycles. The third kappa shape index (κ3) is 2.76. The molecule has 3 heteroatoms. The molecule has 0 saturated heterocycles. The minimum atomic E-state index is -0.0458. The first-order valence-corrected chi connectivity index (χ1v) is 4.79. The third-order valence-electron chi connectivity index (χ3n) is 1.76. The van der Waals surface area contributed by atoms with Crippen molar-refractivity contribution in [1.82, 2.24) is 5.32 Å². The molecule has 1 amide bonds. The van der Waals surface area contributed by atoms with Gasteiger partial charge in [0.25, 0.3) is 5.91 Å². The zero-order chi connectivity index (χ0) is 10.4. The molecule has 0 aliphatic rings. The van der Waals surface area contributed by atoms with E-state index in [1.54, 1.807) is 24.3 Å². The van der Waals surface area contributed by atoms with Crippen molar-refractivity contribution in [2.24, 2.45) is 0 Å². The van der Waals surface area contributed by atoms with Gasteiger partial charge in [0.2, 0.25) is 0 Å². The zero-order valence-corrected chi connectivity index (χ0v) is 8.54. The molecule has 0 bridgehead atoms. The number of ether oxygens (including phenoxy) is 1. The Morgan fingerprint density at radius 1 is 1.29 bits per heavy atom. The van der Waals surface area contributed by atoms with Crippen molar-refractivity contribution in [1.29, 1.82) is 0 Å². The fourth-order valence-electron chi connectivity index (χ4n) is 1.13. The number of hydrogen-bond acceptors (Lipinski definition) is 2. The summed E-state index contributed by atoms with van der Waals surface area (Å²) in [5.41, 5.74) is 0.662. The van der Waals surface area contributed by atoms with Gasteiger partial charge >= 0.3 is 0 Å². The highest BCUT2D eigenvalue weighted by molar-refractivity contribution is 5.94. The first-order valence-electron chi connectivity index (χ1n) is 4.79. The van der Waals surface area contributed by atoms with Crippen LogP contribution in [-0.2, 0) is 0 Å². The summed E-state index contributed by atoms with van der Waals surface area (Å²) in [4.78, 5) is 11.4. The summed E-state index contributed by atoms with van der Waals surface area (Å²) in [6.45, 7) is 5.11. The number of hydrogen-bond donors (Lipinski definition) is 1. The molecule has 1 aromatic carbocycles. The summed E-state index contributed by atoms with van der Waals surface area (Å²) in [7, 11) is 0. The largest absolute Gasteiger partial charge is 0.494 e. The molecule has 76 valence electrons. The van der Waals surface area contributed by atoms with E-state index in [2.05, 4.69) is 5.32 Å². The molecule has 0 atom stereocenters. The summed E-state index contributed by atoms with van der Waals surface area (Å²) < 4.78 is 5.27. The van der Waals surface area contributed by atoms with Crippen molar-refractivity contribution in [3.8, 4) is 5.75 Å². The van der Waals surface area contributed by atoms with Gasteiger partial charge in [-0.15, -0.1) is 0 Å². The Hall–Kier alpha value is -1.51. The van der Waals surface area contributed by atoms with Gasteiger partial charge in [0.15, 0.2) is 0 Å². The van der Waals surface area contributed by atoms with Crippen molar-refractivity contribution in [3.63, 3.8) is 0 Å². The predicted octanol–water partition coefficient (Wildman–Crippen LogP) is 1.84. The topological polar surface area (TPSA) is 38.3 Å². The molecule has 0 unspecified atom stereocenters. The monoisotopic (exact) mass is 193 g/mol. The van der Waals surface area contributed by atoms with Gasteiger partial charge in [-0.3, -0.25) is 4.79 Å². The smallest absolute Gasteiger partial charge is 0.251 e. The van der Waals surface area contributed by atoms with Crippen LogP contribution in [0.15, 0.2) is 24.3 Å². The minimum absolute atomic E-state index is 0.0458. The van der Waals surface area contributed by atoms with Gasteiger partial charge in [0, 0.05) is 12.1 Å². The van der Waals surface area contributed by atoms with Crippen molar-refractivity contribution in [2.45, 2.75) is 13.8 Å². The van der Waals surface area contributed by atoms with Crippen molar-refractivity contribution < 1.29 is 9.53 Å². The van der Waals surface area contributed by atoms with Crippen molar-refractivity contribution in [3.05, 3.63) is 29.8 Å². The van der Waals surface area contributed by atoms with Gasteiger partial charge < -0.3 is 10.1 Å². The van der Waals surface area contributed by atoms with E-state index in [0.717, 1.165) is 5.75 Å². The standard InChI is InChI=1S/C11H15NO2/c1-3-12-11(13)9-5-7-10(8-6-9)14-4-2/h5-8H,3-4H2,1-2H3,(H,12,13). The van der Waals surface area contributed by atoms with Gasteiger partial charge in [-0.2, -0.15) is 0 Å². The maximum Gasteiger partial charge on any atom is 0.251 e. The molecule has 1 aromatic rings. The van der Waals surface area contributed by atoms with Crippen LogP contribution in [-0.4, -0.2) is 19.1 Å². The van der Waals surface area contributed by atoms with Crippen LogP contribution in [0.25, 0.3) is 0 Å². The van der Waals surface area contributed by atoms with Gasteiger partial charge in [-0.1, -0.05) is 0 Å². The molecule has 3 nitrogen and oxygen atoms in total. The van der Waals surface area contributed by atoms with Crippen molar-refractivity contribution >= 4 is 5.91 Å². The van der Waals surface area contributed by atoms with Gasteiger partial charge in [0.1, 0.15) is 5.75 Å². The average molecular weight is 193 g/mol. The Morgan fingerprint density at radius 2 is 1.93 bits per heavy atom. The number of carbonyl (C=O) groups is 1. The van der Waals surface area contributed by atoms with E-state index in [4.69, 9.17) is 4.74 Å². The number of carbonyl (C=O) groups excluding carboxylic acids is 1. The fourth-order valence-corrected chi connectivity index (χ4v) is 1.13. The lowest BCUT2D eigenvalue weighted by Gasteiger charge is -2.04. The average Bonchev–Trinajstić information content (AvgIpc) is 2.20. The van der Waals surface area contributed by atoms with Gasteiger partial charge in [-0.05, 0) is 38.1 Å². The van der Waals surface area contributed by atoms with Crippen LogP contribution in [0.3, 0.4) is 0 Å². The van der Waals surface area contributed by atoms with Crippen LogP contribution in [0, 0.1) is 0 Å². The second-order valence-electron chi connectivity index (χ2n) is 2.82. The lowest BCUT2D eigenvalue weighted by Crippen LogP contribution is -2.22. The van der Waals surface area contributed by atoms with Crippen LogP contribution in [0.1, 0.15) is 24.2 Å². The summed E-state index contributed by atoms with van der Waals surface area (Å²) >= 11 is 0. The Labute approximate surface area is 84.1 Å². The summed E-state index contributed by atoms with van der Waals surface area (Å²) in [6, 6.07) is 7.12. The van der Waals surface area contributed by atoms with E-state index in [-0.39, 0.29) is 5.91 Å². The van der Waals surface area contributed by atoms with E-state index >= 15 is 0 Å². The first kappa shape index (κ1) is 10.6. The Morgan fingerprint density at radius 3 is 2.43 bits per heavy atom. The summed E-state index contributed by atoms with van der Waals surface area (Å²) in [6.07, 6.45) is 0. The van der Waals surface area contributed by atoms with Gasteiger partial charge in [0.05, 0.1) is 6.61 Å². The molecule has 1 N–H and O–H groups in total. The highest BCUT2D eigenvalue weighted by Gasteiger charge is 2.02. The minimum Gasteiger partial charge on any atom is -0.494 e. The molecule has 1 rings (SSSR count). The molecule has 0 aromatic heterocycles. The second kappa shape index (κ2) is 5.27. The SMILES string of the molecule is CCNC(=O)c1ccc(OCC)cc1. The Kier molecular flexibility index (Phi) is 3.98. The van der Waals surface area contributed by atoms with E-state index in [1.165, 1.54) is 0 Å². The van der Waals surface area contributed by atoms with E-state index in [9.17, 15) is 4.79 Å². The molecule has 14 heavy (non-hydrogen) atoms. The predicted molar refractivity (Wildman–Crippen MR) is 55.6 cm³/mol. The maximum atomic E-state index is 11.4. The molecule has 0 aliphatic heterocycles. The molecule has 0 heterocycles. The first-order chi connectivity index (χ1) is 6.77. The zero-order valence-electron chi connectivity index (χ0n) is 8.54. The maximum absolute atomic E-state index is 11.4. The quantitative estimate of drug-likeness (QED) is 0.792. The normalized spacial score (nSPS) is 9.57. The highest BCUT2D eigenvalue weighted by atomic mass is 16.5. The van der Waals surface area contributed by atoms with Crippen molar-refractivity contribution in [2.75, 3.05) is 13.2 Å². The van der Waals surface area contributed by atoms with Crippen LogP contribution in [0.2, 0.25) is 0 Å². The number of amides is 1. The van der Waals surface area contributed by atoms with Crippen LogP contribution < -0.4 is 10.1 Å². The van der Waals surface area contributed by atoms with Crippen LogP contribution in [0.4, 0.5) is 0 Å². The number of benzene rings is 1. The third-order valence-corrected chi connectivity index (χ3v) is 1.76. The lowest BCUT2D eigenvalue weighted by molar-refractivity contribution is 0.0956. The Balaban J connectivity index is 2.67. The summed E-state index contributed by atoms with van der Waals surface area (Å²) in [5, 5.41) is 2.73. The number of nitrogens with one attached hydrogen (secondary N) is 1. The molecular weight excluding hydrogens is 178 g/mol.